The molecule has 3 aliphatic rings. The SMILES string of the molecule is CC(C)N1CCN(c2cc(-c3ccc4c(c3)OCc3nc(CN5CCOCC5)cn3-4)ccc2C=O)CC1. The molecule has 2 fully saturated rings. The molecule has 0 bridgehead atoms. The molecule has 2 saturated heterocycles. The number of aldehydes is 1. The van der Waals surface area contributed by atoms with Crippen LogP contribution in [0.1, 0.15) is 35.7 Å². The molecule has 1 aromatic heterocycles. The van der Waals surface area contributed by atoms with Gasteiger partial charge in [-0.1, -0.05) is 12.1 Å². The van der Waals surface area contributed by atoms with E-state index in [0.717, 1.165) is 111 Å². The fourth-order valence-electron chi connectivity index (χ4n) is 5.57. The summed E-state index contributed by atoms with van der Waals surface area (Å²) in [6, 6.07) is 13.0. The van der Waals surface area contributed by atoms with E-state index in [1.807, 2.05) is 12.1 Å². The van der Waals surface area contributed by atoms with Crippen molar-refractivity contribution in [1.82, 2.24) is 19.4 Å². The smallest absolute Gasteiger partial charge is 0.152 e. The normalized spacial score (nSPS) is 18.4. The minimum atomic E-state index is 0.453. The third-order valence-corrected chi connectivity index (χ3v) is 7.77. The van der Waals surface area contributed by atoms with E-state index < -0.39 is 0 Å². The Morgan fingerprint density at radius 3 is 2.46 bits per heavy atom. The largest absolute Gasteiger partial charge is 0.483 e. The van der Waals surface area contributed by atoms with Crippen LogP contribution in [0, 0.1) is 0 Å². The molecule has 0 N–H and O–H groups in total. The Morgan fingerprint density at radius 2 is 1.70 bits per heavy atom. The summed E-state index contributed by atoms with van der Waals surface area (Å²) in [5.74, 6) is 1.79. The quantitative estimate of drug-likeness (QED) is 0.478. The maximum Gasteiger partial charge on any atom is 0.152 e. The summed E-state index contributed by atoms with van der Waals surface area (Å²) in [6.07, 6.45) is 3.11. The Kier molecular flexibility index (Phi) is 6.71. The molecular formula is C29H35N5O3. The zero-order valence-corrected chi connectivity index (χ0v) is 21.7. The second-order valence-electron chi connectivity index (χ2n) is 10.4. The molecule has 0 amide bonds. The van der Waals surface area contributed by atoms with Crippen LogP contribution in [0.3, 0.4) is 0 Å². The molecule has 8 nitrogen and oxygen atoms in total. The van der Waals surface area contributed by atoms with E-state index in [1.165, 1.54) is 0 Å². The second kappa shape index (κ2) is 10.3. The minimum absolute atomic E-state index is 0.453. The lowest BCUT2D eigenvalue weighted by atomic mass is 10.0. The van der Waals surface area contributed by atoms with E-state index in [0.29, 0.717) is 12.6 Å². The number of ether oxygens (including phenoxy) is 2. The van der Waals surface area contributed by atoms with Crippen molar-refractivity contribution < 1.29 is 14.3 Å². The van der Waals surface area contributed by atoms with Gasteiger partial charge >= 0.3 is 0 Å². The molecule has 37 heavy (non-hydrogen) atoms. The average molecular weight is 502 g/mol. The van der Waals surface area contributed by atoms with Crippen molar-refractivity contribution in [3.63, 3.8) is 0 Å². The topological polar surface area (TPSA) is 63.1 Å². The third kappa shape index (κ3) is 4.89. The van der Waals surface area contributed by atoms with Gasteiger partial charge in [-0.15, -0.1) is 0 Å². The number of hydrogen-bond donors (Lipinski definition) is 0. The van der Waals surface area contributed by atoms with Gasteiger partial charge in [-0.05, 0) is 49.2 Å². The van der Waals surface area contributed by atoms with E-state index in [4.69, 9.17) is 14.5 Å². The first-order valence-electron chi connectivity index (χ1n) is 13.3. The summed E-state index contributed by atoms with van der Waals surface area (Å²) in [6.45, 7) is 13.1. The molecule has 8 heteroatoms. The van der Waals surface area contributed by atoms with Gasteiger partial charge in [0.1, 0.15) is 12.4 Å². The Morgan fingerprint density at radius 1 is 0.946 bits per heavy atom. The first kappa shape index (κ1) is 24.2. The highest BCUT2D eigenvalue weighted by atomic mass is 16.5. The maximum absolute atomic E-state index is 11.9. The lowest BCUT2D eigenvalue weighted by Crippen LogP contribution is -2.49. The van der Waals surface area contributed by atoms with Gasteiger partial charge in [0, 0.05) is 69.3 Å². The predicted molar refractivity (Wildman–Crippen MR) is 144 cm³/mol. The lowest BCUT2D eigenvalue weighted by molar-refractivity contribution is 0.0337. The first-order valence-corrected chi connectivity index (χ1v) is 13.3. The number of fused-ring (bicyclic) bond motifs is 3. The van der Waals surface area contributed by atoms with Crippen molar-refractivity contribution >= 4 is 12.0 Å². The summed E-state index contributed by atoms with van der Waals surface area (Å²) in [7, 11) is 0. The highest BCUT2D eigenvalue weighted by molar-refractivity contribution is 5.87. The summed E-state index contributed by atoms with van der Waals surface area (Å²) in [5.41, 5.74) is 5.99. The van der Waals surface area contributed by atoms with Gasteiger partial charge < -0.3 is 14.4 Å². The van der Waals surface area contributed by atoms with Crippen LogP contribution < -0.4 is 9.64 Å². The molecule has 0 atom stereocenters. The number of carbonyl (C=O) groups excluding carboxylic acids is 1. The highest BCUT2D eigenvalue weighted by Crippen LogP contribution is 2.36. The molecule has 2 aromatic carbocycles. The summed E-state index contributed by atoms with van der Waals surface area (Å²) < 4.78 is 13.8. The fraction of sp³-hybridized carbons (Fsp3) is 0.448. The van der Waals surface area contributed by atoms with E-state index in [9.17, 15) is 4.79 Å². The molecule has 0 saturated carbocycles. The van der Waals surface area contributed by atoms with Gasteiger partial charge in [0.15, 0.2) is 12.1 Å². The van der Waals surface area contributed by atoms with Crippen LogP contribution >= 0.6 is 0 Å². The van der Waals surface area contributed by atoms with E-state index >= 15 is 0 Å². The van der Waals surface area contributed by atoms with Gasteiger partial charge in [0.25, 0.3) is 0 Å². The summed E-state index contributed by atoms with van der Waals surface area (Å²) in [4.78, 5) is 23.9. The van der Waals surface area contributed by atoms with Crippen molar-refractivity contribution in [2.45, 2.75) is 33.0 Å². The number of nitrogens with zero attached hydrogens (tertiary/aromatic N) is 5. The number of imidazole rings is 1. The van der Waals surface area contributed by atoms with Crippen molar-refractivity contribution in [2.24, 2.45) is 0 Å². The molecule has 3 aliphatic heterocycles. The van der Waals surface area contributed by atoms with Crippen LogP contribution in [-0.4, -0.2) is 84.2 Å². The minimum Gasteiger partial charge on any atom is -0.483 e. The predicted octanol–water partition coefficient (Wildman–Crippen LogP) is 3.61. The number of morpholine rings is 1. The molecule has 0 aliphatic carbocycles. The van der Waals surface area contributed by atoms with E-state index in [2.05, 4.69) is 63.6 Å². The monoisotopic (exact) mass is 501 g/mol. The molecule has 4 heterocycles. The highest BCUT2D eigenvalue weighted by Gasteiger charge is 2.23. The molecule has 3 aromatic rings. The number of aromatic nitrogens is 2. The number of anilines is 1. The molecule has 0 unspecified atom stereocenters. The number of piperazine rings is 1. The fourth-order valence-corrected chi connectivity index (χ4v) is 5.57. The maximum atomic E-state index is 11.9. The van der Waals surface area contributed by atoms with Crippen molar-refractivity contribution in [1.29, 1.82) is 0 Å². The van der Waals surface area contributed by atoms with Crippen LogP contribution in [0.2, 0.25) is 0 Å². The van der Waals surface area contributed by atoms with Crippen molar-refractivity contribution in [2.75, 3.05) is 57.4 Å². The molecule has 194 valence electrons. The number of hydrogen-bond acceptors (Lipinski definition) is 7. The second-order valence-corrected chi connectivity index (χ2v) is 10.4. The Balaban J connectivity index is 1.24. The van der Waals surface area contributed by atoms with Crippen LogP contribution in [0.25, 0.3) is 16.8 Å². The van der Waals surface area contributed by atoms with Gasteiger partial charge in [-0.3, -0.25) is 19.2 Å². The Bertz CT molecular complexity index is 1270. The molecule has 0 spiro atoms. The first-order chi connectivity index (χ1) is 18.1. The Labute approximate surface area is 218 Å². The van der Waals surface area contributed by atoms with Crippen LogP contribution in [0.5, 0.6) is 5.75 Å². The molecule has 6 rings (SSSR count). The van der Waals surface area contributed by atoms with Gasteiger partial charge in [-0.2, -0.15) is 0 Å². The molecule has 0 radical (unpaired) electrons. The Hall–Kier alpha value is -3.20. The average Bonchev–Trinajstić information content (AvgIpc) is 3.36. The van der Waals surface area contributed by atoms with Crippen LogP contribution in [-0.2, 0) is 17.9 Å². The van der Waals surface area contributed by atoms with E-state index in [-0.39, 0.29) is 0 Å². The van der Waals surface area contributed by atoms with Crippen LogP contribution in [0.15, 0.2) is 42.6 Å². The molecular weight excluding hydrogens is 466 g/mol. The van der Waals surface area contributed by atoms with Crippen LogP contribution in [0.4, 0.5) is 5.69 Å². The third-order valence-electron chi connectivity index (χ3n) is 7.77. The zero-order valence-electron chi connectivity index (χ0n) is 21.7. The van der Waals surface area contributed by atoms with E-state index in [1.54, 1.807) is 0 Å². The number of carbonyl (C=O) groups is 1. The summed E-state index contributed by atoms with van der Waals surface area (Å²) >= 11 is 0. The van der Waals surface area contributed by atoms with Crippen molar-refractivity contribution in [3.05, 3.63) is 59.7 Å². The number of rotatable bonds is 6. The number of benzene rings is 2. The summed E-state index contributed by atoms with van der Waals surface area (Å²) in [5, 5.41) is 0. The lowest BCUT2D eigenvalue weighted by Gasteiger charge is -2.38. The zero-order chi connectivity index (χ0) is 25.4. The van der Waals surface area contributed by atoms with Crippen molar-refractivity contribution in [3.8, 4) is 22.6 Å². The van der Waals surface area contributed by atoms with Gasteiger partial charge in [0.05, 0.1) is 24.6 Å². The van der Waals surface area contributed by atoms with Gasteiger partial charge in [0.2, 0.25) is 0 Å². The standard InChI is InChI=1S/C29H35N5O3/c1-21(2)32-7-9-33(10-8-32)27-15-22(3-4-24(27)19-35)23-5-6-26-28(16-23)37-20-29-30-25(18-34(26)29)17-31-11-13-36-14-12-31/h3-6,15-16,18-19,21H,7-14,17,20H2,1-2H3. The van der Waals surface area contributed by atoms with Gasteiger partial charge in [-0.25, -0.2) is 4.98 Å².